The smallest absolute Gasteiger partial charge is 0.0756 e. The van der Waals surface area contributed by atoms with Gasteiger partial charge in [0.2, 0.25) is 0 Å². The molecule has 0 bridgehead atoms. The first kappa shape index (κ1) is 13.1. The monoisotopic (exact) mass is 263 g/mol. The summed E-state index contributed by atoms with van der Waals surface area (Å²) in [5, 5.41) is 0. The second kappa shape index (κ2) is 5.24. The van der Waals surface area contributed by atoms with Crippen LogP contribution in [0, 0.1) is 20.8 Å². The predicted octanol–water partition coefficient (Wildman–Crippen LogP) is 4.94. The number of nitrogens with zero attached hydrogens (tertiary/aromatic N) is 1. The lowest BCUT2D eigenvalue weighted by molar-refractivity contribution is 0.723. The summed E-state index contributed by atoms with van der Waals surface area (Å²) >= 11 is 0. The van der Waals surface area contributed by atoms with Crippen LogP contribution >= 0.6 is 0 Å². The number of rotatable bonds is 2. The summed E-state index contributed by atoms with van der Waals surface area (Å²) in [6, 6.07) is 15.6. The van der Waals surface area contributed by atoms with Gasteiger partial charge in [-0.1, -0.05) is 48.0 Å². The fourth-order valence-corrected chi connectivity index (χ4v) is 3.08. The molecule has 2 aromatic rings. The maximum atomic E-state index is 5.00. The predicted molar refractivity (Wildman–Crippen MR) is 85.6 cm³/mol. The van der Waals surface area contributed by atoms with Crippen LogP contribution in [0.15, 0.2) is 47.5 Å². The first-order valence-electron chi connectivity index (χ1n) is 7.35. The molecule has 0 aromatic heterocycles. The van der Waals surface area contributed by atoms with E-state index in [2.05, 4.69) is 63.2 Å². The Bertz CT molecular complexity index is 630. The van der Waals surface area contributed by atoms with Crippen LogP contribution in [0.1, 0.15) is 46.7 Å². The van der Waals surface area contributed by atoms with E-state index >= 15 is 0 Å². The van der Waals surface area contributed by atoms with Gasteiger partial charge < -0.3 is 0 Å². The average molecular weight is 263 g/mol. The van der Waals surface area contributed by atoms with Gasteiger partial charge in [0.25, 0.3) is 0 Å². The maximum absolute atomic E-state index is 5.00. The van der Waals surface area contributed by atoms with Gasteiger partial charge >= 0.3 is 0 Å². The van der Waals surface area contributed by atoms with Gasteiger partial charge in [0.05, 0.1) is 6.04 Å². The molecule has 0 fully saturated rings. The van der Waals surface area contributed by atoms with Crippen molar-refractivity contribution in [1.82, 2.24) is 0 Å². The molecule has 1 aliphatic rings. The van der Waals surface area contributed by atoms with Crippen molar-refractivity contribution in [3.05, 3.63) is 70.3 Å². The minimum absolute atomic E-state index is 0.338. The highest BCUT2D eigenvalue weighted by Gasteiger charge is 2.21. The Hall–Kier alpha value is -1.89. The summed E-state index contributed by atoms with van der Waals surface area (Å²) in [6.45, 7) is 6.50. The Morgan fingerprint density at radius 1 is 0.900 bits per heavy atom. The SMILES string of the molecule is Cc1ccc(C2CCC(c3c(C)cccc3C)=N2)cc1. The van der Waals surface area contributed by atoms with Crippen molar-refractivity contribution < 1.29 is 0 Å². The molecule has 20 heavy (non-hydrogen) atoms. The zero-order chi connectivity index (χ0) is 14.1. The van der Waals surface area contributed by atoms with E-state index in [1.54, 1.807) is 0 Å². The van der Waals surface area contributed by atoms with E-state index in [9.17, 15) is 0 Å². The van der Waals surface area contributed by atoms with Gasteiger partial charge in [-0.05, 0) is 50.3 Å². The minimum Gasteiger partial charge on any atom is -0.281 e. The van der Waals surface area contributed by atoms with Crippen LogP contribution in [0.4, 0.5) is 0 Å². The molecule has 0 aliphatic carbocycles. The number of hydrogen-bond acceptors (Lipinski definition) is 1. The molecular formula is C19H21N. The Kier molecular flexibility index (Phi) is 3.43. The molecular weight excluding hydrogens is 242 g/mol. The van der Waals surface area contributed by atoms with Crippen molar-refractivity contribution in [2.75, 3.05) is 0 Å². The van der Waals surface area contributed by atoms with Gasteiger partial charge in [-0.15, -0.1) is 0 Å². The molecule has 0 radical (unpaired) electrons. The van der Waals surface area contributed by atoms with E-state index in [1.165, 1.54) is 33.5 Å². The molecule has 0 saturated carbocycles. The number of hydrogen-bond donors (Lipinski definition) is 0. The Labute approximate surface area is 121 Å². The van der Waals surface area contributed by atoms with E-state index < -0.39 is 0 Å². The maximum Gasteiger partial charge on any atom is 0.0756 e. The minimum atomic E-state index is 0.338. The van der Waals surface area contributed by atoms with E-state index in [0.717, 1.165) is 12.8 Å². The molecule has 3 rings (SSSR count). The van der Waals surface area contributed by atoms with Crippen LogP contribution < -0.4 is 0 Å². The van der Waals surface area contributed by atoms with Gasteiger partial charge in [-0.2, -0.15) is 0 Å². The molecule has 102 valence electrons. The zero-order valence-corrected chi connectivity index (χ0v) is 12.5. The lowest BCUT2D eigenvalue weighted by Gasteiger charge is -2.09. The quantitative estimate of drug-likeness (QED) is 0.728. The molecule has 1 nitrogen and oxygen atoms in total. The average Bonchev–Trinajstić information content (AvgIpc) is 2.89. The van der Waals surface area contributed by atoms with Gasteiger partial charge in [-0.3, -0.25) is 4.99 Å². The molecule has 0 N–H and O–H groups in total. The van der Waals surface area contributed by atoms with Crippen molar-refractivity contribution in [3.63, 3.8) is 0 Å². The molecule has 1 aliphatic heterocycles. The summed E-state index contributed by atoms with van der Waals surface area (Å²) in [4.78, 5) is 5.00. The molecule has 0 amide bonds. The summed E-state index contributed by atoms with van der Waals surface area (Å²) in [5.41, 5.74) is 7.98. The third-order valence-electron chi connectivity index (χ3n) is 4.20. The molecule has 0 saturated heterocycles. The van der Waals surface area contributed by atoms with Gasteiger partial charge in [0.15, 0.2) is 0 Å². The molecule has 1 heteroatoms. The standard InChI is InChI=1S/C19H21N/c1-13-7-9-16(10-8-13)17-11-12-18(20-17)19-14(2)5-4-6-15(19)3/h4-10,17H,11-12H2,1-3H3. The Morgan fingerprint density at radius 3 is 2.20 bits per heavy atom. The largest absolute Gasteiger partial charge is 0.281 e. The highest BCUT2D eigenvalue weighted by molar-refractivity contribution is 6.04. The summed E-state index contributed by atoms with van der Waals surface area (Å²) in [7, 11) is 0. The van der Waals surface area contributed by atoms with Crippen LogP contribution in [0.3, 0.4) is 0 Å². The number of benzene rings is 2. The number of aliphatic imine (C=N–C) groups is 1. The Balaban J connectivity index is 1.94. The third kappa shape index (κ3) is 2.40. The van der Waals surface area contributed by atoms with Crippen molar-refractivity contribution in [2.45, 2.75) is 39.7 Å². The van der Waals surface area contributed by atoms with Crippen LogP contribution in [-0.2, 0) is 0 Å². The van der Waals surface area contributed by atoms with Crippen LogP contribution in [0.25, 0.3) is 0 Å². The second-order valence-electron chi connectivity index (χ2n) is 5.81. The van der Waals surface area contributed by atoms with E-state index in [-0.39, 0.29) is 0 Å². The van der Waals surface area contributed by atoms with Gasteiger partial charge in [0.1, 0.15) is 0 Å². The summed E-state index contributed by atoms with van der Waals surface area (Å²) in [6.07, 6.45) is 2.22. The first-order chi connectivity index (χ1) is 9.65. The summed E-state index contributed by atoms with van der Waals surface area (Å²) < 4.78 is 0. The van der Waals surface area contributed by atoms with Crippen LogP contribution in [0.2, 0.25) is 0 Å². The molecule has 0 spiro atoms. The molecule has 1 atom stereocenters. The van der Waals surface area contributed by atoms with Crippen molar-refractivity contribution in [3.8, 4) is 0 Å². The normalized spacial score (nSPS) is 18.1. The van der Waals surface area contributed by atoms with Gasteiger partial charge in [0, 0.05) is 11.3 Å². The fraction of sp³-hybridized carbons (Fsp3) is 0.316. The van der Waals surface area contributed by atoms with Gasteiger partial charge in [-0.25, -0.2) is 0 Å². The third-order valence-corrected chi connectivity index (χ3v) is 4.20. The highest BCUT2D eigenvalue weighted by atomic mass is 14.8. The molecule has 1 heterocycles. The summed E-state index contributed by atoms with van der Waals surface area (Å²) in [5.74, 6) is 0. The zero-order valence-electron chi connectivity index (χ0n) is 12.5. The lowest BCUT2D eigenvalue weighted by atomic mass is 9.96. The number of aryl methyl sites for hydroxylation is 3. The lowest BCUT2D eigenvalue weighted by Crippen LogP contribution is -2.02. The van der Waals surface area contributed by atoms with Crippen LogP contribution in [-0.4, -0.2) is 5.71 Å². The Morgan fingerprint density at radius 2 is 1.55 bits per heavy atom. The topological polar surface area (TPSA) is 12.4 Å². The van der Waals surface area contributed by atoms with E-state index in [4.69, 9.17) is 4.99 Å². The van der Waals surface area contributed by atoms with Crippen molar-refractivity contribution >= 4 is 5.71 Å². The second-order valence-corrected chi connectivity index (χ2v) is 5.81. The van der Waals surface area contributed by atoms with Crippen molar-refractivity contribution in [2.24, 2.45) is 4.99 Å². The van der Waals surface area contributed by atoms with Crippen molar-refractivity contribution in [1.29, 1.82) is 0 Å². The molecule has 2 aromatic carbocycles. The van der Waals surface area contributed by atoms with E-state index in [1.807, 2.05) is 0 Å². The fourth-order valence-electron chi connectivity index (χ4n) is 3.08. The van der Waals surface area contributed by atoms with E-state index in [0.29, 0.717) is 6.04 Å². The molecule has 1 unspecified atom stereocenters. The first-order valence-corrected chi connectivity index (χ1v) is 7.35. The van der Waals surface area contributed by atoms with Crippen LogP contribution in [0.5, 0.6) is 0 Å². The highest BCUT2D eigenvalue weighted by Crippen LogP contribution is 2.32.